The number of aliphatic hydroxyl groups is 9. The topological polar surface area (TPSA) is 309 Å². The Kier molecular flexibility index (Phi) is 37.7. The molecule has 5 aliphatic rings. The van der Waals surface area contributed by atoms with Crippen LogP contribution in [-0.4, -0.2) is 227 Å². The molecule has 570 valence electrons. The lowest BCUT2D eigenvalue weighted by atomic mass is 9.78. The SMILES string of the molecule is CO[C@@H]1C[C@H](C)O[C@@H]([C@@H](O)C[C@H](C)[C@H](O)[C@H](C)[C@H]2OC(=O)C=CC(C)=CC[C@H](O)C[C@H]3C=CC[C@@H](C[C@H](OC)[C@@H](C)[C@@H](O)C[C@@H](O)[C@H](C)[C@H]([C@@H](C)[C@@H](O)[C@@H](C)CC[C@H]4C[C@H](OC)C[C@H](C)O4)OC(=O)C=CC(C)=CC[C@H](O)C[C@H]4C=CC[C@@H](C[C@H](OC)[C@@H](C)[C@@H](O)C[C@@H](O)[C@@H]2C)O4)O3)C1. The van der Waals surface area contributed by atoms with Gasteiger partial charge in [0.2, 0.25) is 0 Å². The lowest BCUT2D eigenvalue weighted by molar-refractivity contribution is -0.160. The van der Waals surface area contributed by atoms with E-state index in [1.807, 2.05) is 78.8 Å². The van der Waals surface area contributed by atoms with E-state index < -0.39 is 151 Å². The fourth-order valence-electron chi connectivity index (χ4n) is 15.4. The average molecular weight is 1410 g/mol. The molecule has 21 heteroatoms. The van der Waals surface area contributed by atoms with Crippen molar-refractivity contribution in [3.63, 3.8) is 0 Å². The van der Waals surface area contributed by atoms with Crippen molar-refractivity contribution >= 4 is 11.9 Å². The van der Waals surface area contributed by atoms with Gasteiger partial charge in [-0.25, -0.2) is 9.59 Å². The van der Waals surface area contributed by atoms with E-state index >= 15 is 0 Å². The normalized spacial score (nSPS) is 39.4. The monoisotopic (exact) mass is 1400 g/mol. The van der Waals surface area contributed by atoms with Crippen LogP contribution in [0.4, 0.5) is 0 Å². The van der Waals surface area contributed by atoms with Gasteiger partial charge in [0.1, 0.15) is 12.2 Å². The predicted octanol–water partition coefficient (Wildman–Crippen LogP) is 9.08. The second-order valence-electron chi connectivity index (χ2n) is 30.5. The van der Waals surface area contributed by atoms with Crippen LogP contribution in [-0.2, 0) is 57.0 Å². The van der Waals surface area contributed by atoms with Gasteiger partial charge in [0.15, 0.2) is 0 Å². The molecule has 0 aliphatic carbocycles. The van der Waals surface area contributed by atoms with Crippen LogP contribution in [0.5, 0.6) is 0 Å². The minimum absolute atomic E-state index is 0.0334. The Morgan fingerprint density at radius 3 is 1.32 bits per heavy atom. The van der Waals surface area contributed by atoms with Gasteiger partial charge in [-0.05, 0) is 117 Å². The molecule has 0 aromatic rings. The number of esters is 2. The molecule has 4 bridgehead atoms. The molecule has 0 saturated carbocycles. The molecule has 5 heterocycles. The predicted molar refractivity (Wildman–Crippen MR) is 379 cm³/mol. The number of cyclic esters (lactones) is 2. The summed E-state index contributed by atoms with van der Waals surface area (Å²) in [6.07, 6.45) is 9.95. The molecule has 0 aromatic carbocycles. The lowest BCUT2D eigenvalue weighted by Gasteiger charge is -2.39. The summed E-state index contributed by atoms with van der Waals surface area (Å²) in [5, 5.41) is 106. The first kappa shape index (κ1) is 86.3. The first-order valence-corrected chi connectivity index (χ1v) is 37.1. The molecule has 5 rings (SSSR count). The molecule has 2 fully saturated rings. The van der Waals surface area contributed by atoms with Gasteiger partial charge in [-0.3, -0.25) is 0 Å². The molecule has 0 aromatic heterocycles. The number of fused-ring (bicyclic) bond motifs is 4. The summed E-state index contributed by atoms with van der Waals surface area (Å²) in [4.78, 5) is 27.8. The molecule has 99 heavy (non-hydrogen) atoms. The lowest BCUT2D eigenvalue weighted by Crippen LogP contribution is -2.47. The van der Waals surface area contributed by atoms with E-state index in [1.54, 1.807) is 81.3 Å². The molecule has 21 nitrogen and oxygen atoms in total. The van der Waals surface area contributed by atoms with E-state index in [0.717, 1.165) is 12.8 Å². The maximum Gasteiger partial charge on any atom is 0.331 e. The maximum absolute atomic E-state index is 13.9. The molecule has 0 amide bonds. The number of hydrogen-bond donors (Lipinski definition) is 9. The molecular weight excluding hydrogens is 1270 g/mol. The molecule has 0 unspecified atom stereocenters. The van der Waals surface area contributed by atoms with Gasteiger partial charge in [-0.1, -0.05) is 115 Å². The number of rotatable bonds is 16. The van der Waals surface area contributed by atoms with Gasteiger partial charge in [0, 0.05) is 108 Å². The van der Waals surface area contributed by atoms with Crippen LogP contribution in [0.25, 0.3) is 0 Å². The summed E-state index contributed by atoms with van der Waals surface area (Å²) >= 11 is 0. The summed E-state index contributed by atoms with van der Waals surface area (Å²) in [6.45, 7) is 22.1. The molecule has 0 radical (unpaired) electrons. The van der Waals surface area contributed by atoms with E-state index in [9.17, 15) is 55.5 Å². The zero-order valence-corrected chi connectivity index (χ0v) is 62.6. The van der Waals surface area contributed by atoms with E-state index in [2.05, 4.69) is 0 Å². The molecule has 0 spiro atoms. The van der Waals surface area contributed by atoms with Gasteiger partial charge >= 0.3 is 11.9 Å². The smallest absolute Gasteiger partial charge is 0.331 e. The van der Waals surface area contributed by atoms with E-state index in [1.165, 1.54) is 12.2 Å². The first-order valence-electron chi connectivity index (χ1n) is 37.1. The number of aliphatic hydroxyl groups excluding tert-OH is 9. The van der Waals surface area contributed by atoms with Crippen molar-refractivity contribution in [2.24, 2.45) is 47.3 Å². The zero-order chi connectivity index (χ0) is 73.4. The number of allylic oxidation sites excluding steroid dienone is 4. The minimum Gasteiger partial charge on any atom is -0.458 e. The largest absolute Gasteiger partial charge is 0.458 e. The Balaban J connectivity index is 1.37. The van der Waals surface area contributed by atoms with Crippen molar-refractivity contribution in [1.82, 2.24) is 0 Å². The highest BCUT2D eigenvalue weighted by Gasteiger charge is 2.43. The Morgan fingerprint density at radius 2 is 0.889 bits per heavy atom. The maximum atomic E-state index is 13.9. The van der Waals surface area contributed by atoms with E-state index in [4.69, 9.17) is 47.4 Å². The summed E-state index contributed by atoms with van der Waals surface area (Å²) < 4.78 is 61.1. The Morgan fingerprint density at radius 1 is 0.475 bits per heavy atom. The number of carbonyl (C=O) groups is 2. The fraction of sp³-hybridized carbons (Fsp3) is 0.821. The Bertz CT molecular complexity index is 2520. The minimum atomic E-state index is -1.22. The van der Waals surface area contributed by atoms with Crippen molar-refractivity contribution in [2.75, 3.05) is 28.4 Å². The van der Waals surface area contributed by atoms with Crippen molar-refractivity contribution in [1.29, 1.82) is 0 Å². The van der Waals surface area contributed by atoms with Gasteiger partial charge in [-0.15, -0.1) is 0 Å². The Labute approximate surface area is 592 Å². The standard InChI is InChI=1S/C78H132O21/c1-44-23-28-56(79)36-58-20-18-22-61(97-58)40-71(93-16)51(8)66(82)43-68(84)53(10)78(55(12)76(89)47(4)33-69(85)72-41-64(91-14)35-49(6)95-72)99-74(87)32-26-45(2)24-29-57(80)37-59-19-17-21-60(96-59)39-70(92-15)50(7)65(81)42-67(83)52(9)77(98-73(86)31-25-44)54(11)75(88)46(3)27-30-62-38-63(90-13)34-48(5)94-62/h17-20,23-26,31-32,46-72,75-85,88-89H,21-22,27-30,33-43H2,1-16H3/t46-,47-,48-,49-,50-,51-,52-,53-,54-,55-,56-,57-,58+,59+,60-,61-,62-,63+,64+,65-,66-,67+,68+,69-,70-,71-,72+,75-,76-,77+,78-/m0/s1. The Hall–Kier alpha value is -3.30. The number of methoxy groups -OCH3 is 4. The third kappa shape index (κ3) is 28.3. The quantitative estimate of drug-likeness (QED) is 0.0514. The highest BCUT2D eigenvalue weighted by molar-refractivity contribution is 5.83. The summed E-state index contributed by atoms with van der Waals surface area (Å²) in [6, 6.07) is 0. The first-order chi connectivity index (χ1) is 46.8. The third-order valence-electron chi connectivity index (χ3n) is 22.3. The van der Waals surface area contributed by atoms with Crippen LogP contribution < -0.4 is 0 Å². The van der Waals surface area contributed by atoms with Gasteiger partial charge in [-0.2, -0.15) is 0 Å². The number of carbonyl (C=O) groups excluding carboxylic acids is 2. The molecule has 2 saturated heterocycles. The van der Waals surface area contributed by atoms with Crippen molar-refractivity contribution in [3.05, 3.63) is 71.9 Å². The fourth-order valence-corrected chi connectivity index (χ4v) is 15.4. The zero-order valence-electron chi connectivity index (χ0n) is 62.6. The molecular formula is C78H132O21. The van der Waals surface area contributed by atoms with Crippen LogP contribution in [0.1, 0.15) is 192 Å². The van der Waals surface area contributed by atoms with Crippen molar-refractivity contribution in [3.8, 4) is 0 Å². The van der Waals surface area contributed by atoms with Crippen LogP contribution in [0.3, 0.4) is 0 Å². The third-order valence-corrected chi connectivity index (χ3v) is 22.3. The van der Waals surface area contributed by atoms with Crippen LogP contribution in [0, 0.1) is 47.3 Å². The van der Waals surface area contributed by atoms with E-state index in [0.29, 0.717) is 62.5 Å². The molecule has 5 aliphatic heterocycles. The van der Waals surface area contributed by atoms with Crippen molar-refractivity contribution in [2.45, 2.75) is 333 Å². The van der Waals surface area contributed by atoms with Gasteiger partial charge in [0.05, 0.1) is 128 Å². The van der Waals surface area contributed by atoms with Crippen LogP contribution in [0.15, 0.2) is 71.9 Å². The second kappa shape index (κ2) is 43.2. The number of hydrogen-bond acceptors (Lipinski definition) is 21. The summed E-state index contributed by atoms with van der Waals surface area (Å²) in [7, 11) is 6.48. The highest BCUT2D eigenvalue weighted by atomic mass is 16.6. The second-order valence-corrected chi connectivity index (χ2v) is 30.5. The summed E-state index contributed by atoms with van der Waals surface area (Å²) in [5.74, 6) is -6.08. The summed E-state index contributed by atoms with van der Waals surface area (Å²) in [5.41, 5.74) is 1.35. The number of ether oxygens (including phenoxy) is 10. The van der Waals surface area contributed by atoms with Crippen LogP contribution >= 0.6 is 0 Å². The van der Waals surface area contributed by atoms with Gasteiger partial charge in [0.25, 0.3) is 0 Å². The van der Waals surface area contributed by atoms with Crippen LogP contribution in [0.2, 0.25) is 0 Å². The van der Waals surface area contributed by atoms with Crippen molar-refractivity contribution < 1.29 is 103 Å². The highest BCUT2D eigenvalue weighted by Crippen LogP contribution is 2.37. The molecule has 31 atom stereocenters. The average Bonchev–Trinajstić information content (AvgIpc) is 0.855. The van der Waals surface area contributed by atoms with E-state index in [-0.39, 0.29) is 93.6 Å². The van der Waals surface area contributed by atoms with Gasteiger partial charge < -0.3 is 93.3 Å². The molecule has 9 N–H and O–H groups in total.